The largest absolute Gasteiger partial charge is 0.457 e. The molecular weight excluding hydrogens is 396 g/mol. The third-order valence-electron chi connectivity index (χ3n) is 5.74. The summed E-state index contributed by atoms with van der Waals surface area (Å²) in [6.45, 7) is 5.76. The first-order valence-corrected chi connectivity index (χ1v) is 10.0. The number of piperazine rings is 1. The highest BCUT2D eigenvalue weighted by Gasteiger charge is 2.28. The molecule has 1 N–H and O–H groups in total. The molecule has 2 aromatic heterocycles. The van der Waals surface area contributed by atoms with E-state index in [4.69, 9.17) is 10.00 Å². The lowest BCUT2D eigenvalue weighted by Crippen LogP contribution is -2.45. The average molecular weight is 416 g/mol. The lowest BCUT2D eigenvalue weighted by Gasteiger charge is -2.34. The van der Waals surface area contributed by atoms with E-state index < -0.39 is 0 Å². The quantitative estimate of drug-likeness (QED) is 0.622. The van der Waals surface area contributed by atoms with Crippen LogP contribution in [0.5, 0.6) is 0 Å². The van der Waals surface area contributed by atoms with Crippen molar-refractivity contribution in [2.24, 2.45) is 0 Å². The molecule has 5 rings (SSSR count). The van der Waals surface area contributed by atoms with Crippen LogP contribution in [0.1, 0.15) is 44.5 Å². The van der Waals surface area contributed by atoms with Gasteiger partial charge in [0.15, 0.2) is 0 Å². The second kappa shape index (κ2) is 7.86. The monoisotopic (exact) mass is 416 g/mol. The molecule has 1 saturated heterocycles. The van der Waals surface area contributed by atoms with Crippen LogP contribution in [0, 0.1) is 18.3 Å². The normalized spacial score (nSPS) is 18.5. The molecule has 4 heterocycles. The highest BCUT2D eigenvalue weighted by atomic mass is 16.5. The van der Waals surface area contributed by atoms with Gasteiger partial charge in [-0.15, -0.1) is 5.10 Å². The second-order valence-electron chi connectivity index (χ2n) is 7.64. The summed E-state index contributed by atoms with van der Waals surface area (Å²) in [6, 6.07) is 5.97. The summed E-state index contributed by atoms with van der Waals surface area (Å²) in [7, 11) is 0. The number of fused-ring (bicyclic) bond motifs is 1. The molecular formula is C21H20N8O2. The van der Waals surface area contributed by atoms with E-state index in [9.17, 15) is 4.79 Å². The van der Waals surface area contributed by atoms with Crippen LogP contribution in [0.25, 0.3) is 5.95 Å². The van der Waals surface area contributed by atoms with Crippen LogP contribution in [0.3, 0.4) is 0 Å². The van der Waals surface area contributed by atoms with Crippen LogP contribution in [0.2, 0.25) is 0 Å². The number of cyclic esters (lactones) is 1. The number of hydrogen-bond acceptors (Lipinski definition) is 9. The van der Waals surface area contributed by atoms with E-state index in [1.54, 1.807) is 12.4 Å². The summed E-state index contributed by atoms with van der Waals surface area (Å²) in [5, 5.41) is 16.4. The summed E-state index contributed by atoms with van der Waals surface area (Å²) in [5.41, 5.74) is 5.00. The van der Waals surface area contributed by atoms with Gasteiger partial charge in [-0.1, -0.05) is 6.07 Å². The maximum atomic E-state index is 11.8. The van der Waals surface area contributed by atoms with Gasteiger partial charge in [-0.25, -0.2) is 19.7 Å². The molecule has 156 valence electrons. The maximum Gasteiger partial charge on any atom is 0.338 e. The molecule has 3 aromatic rings. The standard InChI is InChI=1S/C21H20N8O2/c1-13-15(2-3-16-17(13)11-31-20(16)30)18-10-28(5-4-23-18)9-14-7-24-21(25-8-14)29-12-26-19(6-22)27-29/h2-3,7-8,12,18,23H,4-5,9-11H2,1H3. The molecule has 0 spiro atoms. The molecule has 31 heavy (non-hydrogen) atoms. The molecule has 0 radical (unpaired) electrons. The molecule has 0 bridgehead atoms. The lowest BCUT2D eigenvalue weighted by molar-refractivity contribution is 0.0535. The summed E-state index contributed by atoms with van der Waals surface area (Å²) in [5.74, 6) is 0.222. The van der Waals surface area contributed by atoms with Gasteiger partial charge in [-0.3, -0.25) is 4.90 Å². The molecule has 1 fully saturated rings. The van der Waals surface area contributed by atoms with E-state index >= 15 is 0 Å². The van der Waals surface area contributed by atoms with Gasteiger partial charge in [-0.05, 0) is 24.1 Å². The van der Waals surface area contributed by atoms with Crippen LogP contribution >= 0.6 is 0 Å². The predicted molar refractivity (Wildman–Crippen MR) is 108 cm³/mol. The summed E-state index contributed by atoms with van der Waals surface area (Å²) >= 11 is 0. The van der Waals surface area contributed by atoms with Gasteiger partial charge >= 0.3 is 5.97 Å². The number of carbonyl (C=O) groups is 1. The molecule has 1 unspecified atom stereocenters. The molecule has 10 heteroatoms. The van der Waals surface area contributed by atoms with Crippen molar-refractivity contribution in [1.29, 1.82) is 5.26 Å². The molecule has 0 aliphatic carbocycles. The van der Waals surface area contributed by atoms with Crippen LogP contribution in [0.4, 0.5) is 0 Å². The first-order valence-electron chi connectivity index (χ1n) is 10.0. The molecule has 1 aromatic carbocycles. The first kappa shape index (κ1) is 19.3. The van der Waals surface area contributed by atoms with E-state index in [0.717, 1.165) is 42.9 Å². The van der Waals surface area contributed by atoms with Gasteiger partial charge < -0.3 is 10.1 Å². The Balaban J connectivity index is 1.28. The minimum atomic E-state index is -0.235. The minimum Gasteiger partial charge on any atom is -0.457 e. The van der Waals surface area contributed by atoms with Gasteiger partial charge in [-0.2, -0.15) is 9.94 Å². The topological polar surface area (TPSA) is 122 Å². The van der Waals surface area contributed by atoms with Crippen molar-refractivity contribution in [3.05, 3.63) is 64.5 Å². The van der Waals surface area contributed by atoms with Crippen LogP contribution in [-0.2, 0) is 17.9 Å². The molecule has 0 amide bonds. The summed E-state index contributed by atoms with van der Waals surface area (Å²) in [4.78, 5) is 26.7. The number of ether oxygens (including phenoxy) is 1. The third kappa shape index (κ3) is 3.65. The zero-order valence-electron chi connectivity index (χ0n) is 16.9. The van der Waals surface area contributed by atoms with Gasteiger partial charge in [0.05, 0.1) is 5.56 Å². The van der Waals surface area contributed by atoms with E-state index in [0.29, 0.717) is 18.1 Å². The molecule has 1 atom stereocenters. The van der Waals surface area contributed by atoms with Crippen molar-refractivity contribution in [3.63, 3.8) is 0 Å². The lowest BCUT2D eigenvalue weighted by atomic mass is 9.93. The van der Waals surface area contributed by atoms with Crippen molar-refractivity contribution < 1.29 is 9.53 Å². The minimum absolute atomic E-state index is 0.0808. The molecule has 0 saturated carbocycles. The van der Waals surface area contributed by atoms with E-state index in [1.165, 1.54) is 16.6 Å². The number of hydrogen-bond donors (Lipinski definition) is 1. The summed E-state index contributed by atoms with van der Waals surface area (Å²) < 4.78 is 6.57. The Morgan fingerprint density at radius 3 is 2.90 bits per heavy atom. The van der Waals surface area contributed by atoms with E-state index in [-0.39, 0.29) is 17.8 Å². The number of benzene rings is 1. The first-order chi connectivity index (χ1) is 15.1. The molecule has 10 nitrogen and oxygen atoms in total. The predicted octanol–water partition coefficient (Wildman–Crippen LogP) is 1.05. The van der Waals surface area contributed by atoms with Crippen molar-refractivity contribution in [1.82, 2.24) is 34.9 Å². The average Bonchev–Trinajstić information content (AvgIpc) is 3.42. The Morgan fingerprint density at radius 1 is 1.29 bits per heavy atom. The fraction of sp³-hybridized carbons (Fsp3) is 0.333. The van der Waals surface area contributed by atoms with Crippen molar-refractivity contribution >= 4 is 5.97 Å². The number of aromatic nitrogens is 5. The van der Waals surface area contributed by atoms with Crippen LogP contribution in [0.15, 0.2) is 30.9 Å². The summed E-state index contributed by atoms with van der Waals surface area (Å²) in [6.07, 6.45) is 4.97. The van der Waals surface area contributed by atoms with Crippen molar-refractivity contribution in [2.75, 3.05) is 19.6 Å². The van der Waals surface area contributed by atoms with E-state index in [1.807, 2.05) is 18.2 Å². The number of carbonyl (C=O) groups excluding carboxylic acids is 1. The molecule has 2 aliphatic heterocycles. The maximum absolute atomic E-state index is 11.8. The SMILES string of the molecule is Cc1c(C2CN(Cc3cnc(-n4cnc(C#N)n4)nc3)CCN2)ccc2c1COC2=O. The zero-order chi connectivity index (χ0) is 21.4. The Labute approximate surface area is 178 Å². The fourth-order valence-corrected chi connectivity index (χ4v) is 4.12. The van der Waals surface area contributed by atoms with Gasteiger partial charge in [0.2, 0.25) is 0 Å². The fourth-order valence-electron chi connectivity index (χ4n) is 4.12. The Bertz CT molecular complexity index is 1180. The third-order valence-corrected chi connectivity index (χ3v) is 5.74. The smallest absolute Gasteiger partial charge is 0.338 e. The molecule has 2 aliphatic rings. The highest BCUT2D eigenvalue weighted by molar-refractivity contribution is 5.93. The van der Waals surface area contributed by atoms with E-state index in [2.05, 4.69) is 37.2 Å². The van der Waals surface area contributed by atoms with Crippen molar-refractivity contribution in [2.45, 2.75) is 26.1 Å². The number of nitrogens with one attached hydrogen (secondary N) is 1. The number of nitrogens with zero attached hydrogens (tertiary/aromatic N) is 7. The number of nitriles is 1. The number of esters is 1. The Kier molecular flexibility index (Phi) is 4.89. The number of rotatable bonds is 4. The Morgan fingerprint density at radius 2 is 2.13 bits per heavy atom. The second-order valence-corrected chi connectivity index (χ2v) is 7.64. The van der Waals surface area contributed by atoms with Gasteiger partial charge in [0, 0.05) is 55.7 Å². The van der Waals surface area contributed by atoms with Crippen molar-refractivity contribution in [3.8, 4) is 12.0 Å². The highest BCUT2D eigenvalue weighted by Crippen LogP contribution is 2.30. The zero-order valence-corrected chi connectivity index (χ0v) is 16.9. The van der Waals surface area contributed by atoms with Crippen LogP contribution < -0.4 is 5.32 Å². The van der Waals surface area contributed by atoms with Gasteiger partial charge in [0.25, 0.3) is 11.8 Å². The Hall–Kier alpha value is -3.68. The van der Waals surface area contributed by atoms with Gasteiger partial charge in [0.1, 0.15) is 19.0 Å². The van der Waals surface area contributed by atoms with Crippen LogP contribution in [-0.4, -0.2) is 55.2 Å².